The Morgan fingerprint density at radius 2 is 1.95 bits per heavy atom. The summed E-state index contributed by atoms with van der Waals surface area (Å²) >= 11 is 5.77. The molecule has 0 heterocycles. The summed E-state index contributed by atoms with van der Waals surface area (Å²) in [5.41, 5.74) is 7.41. The maximum atomic E-state index is 11.9. The lowest BCUT2D eigenvalue weighted by molar-refractivity contribution is -0.116. The Labute approximate surface area is 122 Å². The molecule has 4 N–H and O–H groups in total. The molecule has 0 spiro atoms. The van der Waals surface area contributed by atoms with Gasteiger partial charge in [-0.15, -0.1) is 0 Å². The molecule has 5 heteroatoms. The van der Waals surface area contributed by atoms with Crippen LogP contribution in [0, 0.1) is 0 Å². The lowest BCUT2D eigenvalue weighted by atomic mass is 10.0. The first-order valence-corrected chi connectivity index (χ1v) is 6.53. The van der Waals surface area contributed by atoms with Crippen LogP contribution >= 0.6 is 11.6 Å². The standard InChI is InChI=1S/C15H15ClN2O2/c16-12-8-11(6-7-14(12)19)18-15(20)9-13(17)10-4-2-1-3-5-10/h1-8,13,19H,9,17H2,(H,18,20). The Bertz CT molecular complexity index is 602. The van der Waals surface area contributed by atoms with Crippen LogP contribution in [0.1, 0.15) is 18.0 Å². The largest absolute Gasteiger partial charge is 0.506 e. The van der Waals surface area contributed by atoms with Gasteiger partial charge in [0.05, 0.1) is 5.02 Å². The predicted octanol–water partition coefficient (Wildman–Crippen LogP) is 3.07. The minimum Gasteiger partial charge on any atom is -0.506 e. The number of halogens is 1. The summed E-state index contributed by atoms with van der Waals surface area (Å²) < 4.78 is 0. The summed E-state index contributed by atoms with van der Waals surface area (Å²) in [7, 11) is 0. The third-order valence-corrected chi connectivity index (χ3v) is 3.17. The topological polar surface area (TPSA) is 75.4 Å². The second kappa shape index (κ2) is 6.41. The van der Waals surface area contributed by atoms with Gasteiger partial charge in [-0.25, -0.2) is 0 Å². The molecule has 0 saturated heterocycles. The van der Waals surface area contributed by atoms with Gasteiger partial charge in [0.15, 0.2) is 0 Å². The number of amides is 1. The van der Waals surface area contributed by atoms with E-state index in [0.29, 0.717) is 5.69 Å². The lowest BCUT2D eigenvalue weighted by Crippen LogP contribution is -2.20. The number of carbonyl (C=O) groups is 1. The van der Waals surface area contributed by atoms with Crippen molar-refractivity contribution in [3.8, 4) is 5.75 Å². The van der Waals surface area contributed by atoms with E-state index in [1.807, 2.05) is 30.3 Å². The van der Waals surface area contributed by atoms with Crippen LogP contribution in [0.3, 0.4) is 0 Å². The van der Waals surface area contributed by atoms with Crippen molar-refractivity contribution in [3.63, 3.8) is 0 Å². The van der Waals surface area contributed by atoms with Crippen molar-refractivity contribution in [2.45, 2.75) is 12.5 Å². The average molecular weight is 291 g/mol. The summed E-state index contributed by atoms with van der Waals surface area (Å²) in [6.07, 6.45) is 0.169. The molecule has 1 atom stereocenters. The molecule has 0 aliphatic carbocycles. The van der Waals surface area contributed by atoms with E-state index >= 15 is 0 Å². The molecule has 4 nitrogen and oxygen atoms in total. The zero-order chi connectivity index (χ0) is 14.5. The Morgan fingerprint density at radius 1 is 1.25 bits per heavy atom. The summed E-state index contributed by atoms with van der Waals surface area (Å²) in [6.45, 7) is 0. The van der Waals surface area contributed by atoms with Gasteiger partial charge in [0, 0.05) is 18.2 Å². The molecule has 1 unspecified atom stereocenters. The van der Waals surface area contributed by atoms with Crippen molar-refractivity contribution in [3.05, 3.63) is 59.1 Å². The van der Waals surface area contributed by atoms with Crippen molar-refractivity contribution in [1.82, 2.24) is 0 Å². The molecule has 20 heavy (non-hydrogen) atoms. The molecule has 0 fully saturated rings. The summed E-state index contributed by atoms with van der Waals surface area (Å²) in [5, 5.41) is 12.2. The molecule has 0 saturated carbocycles. The van der Waals surface area contributed by atoms with E-state index in [0.717, 1.165) is 5.56 Å². The van der Waals surface area contributed by atoms with Crippen molar-refractivity contribution in [2.75, 3.05) is 5.32 Å². The van der Waals surface area contributed by atoms with Gasteiger partial charge in [-0.05, 0) is 23.8 Å². The monoisotopic (exact) mass is 290 g/mol. The van der Waals surface area contributed by atoms with Crippen LogP contribution in [0.5, 0.6) is 5.75 Å². The van der Waals surface area contributed by atoms with Gasteiger partial charge in [0.1, 0.15) is 5.75 Å². The van der Waals surface area contributed by atoms with E-state index in [4.69, 9.17) is 17.3 Å². The van der Waals surface area contributed by atoms with Gasteiger partial charge in [0.25, 0.3) is 0 Å². The predicted molar refractivity (Wildman–Crippen MR) is 79.7 cm³/mol. The fourth-order valence-corrected chi connectivity index (χ4v) is 2.00. The minimum absolute atomic E-state index is 0.0225. The van der Waals surface area contributed by atoms with E-state index in [1.54, 1.807) is 6.07 Å². The third kappa shape index (κ3) is 3.73. The van der Waals surface area contributed by atoms with Crippen LogP contribution in [-0.2, 0) is 4.79 Å². The second-order valence-corrected chi connectivity index (χ2v) is 4.84. The number of phenolic OH excluding ortho intramolecular Hbond substituents is 1. The van der Waals surface area contributed by atoms with Crippen molar-refractivity contribution < 1.29 is 9.90 Å². The Hall–Kier alpha value is -2.04. The quantitative estimate of drug-likeness (QED) is 0.758. The van der Waals surface area contributed by atoms with Crippen molar-refractivity contribution >= 4 is 23.2 Å². The average Bonchev–Trinajstić information content (AvgIpc) is 2.44. The molecule has 0 aromatic heterocycles. The number of benzene rings is 2. The smallest absolute Gasteiger partial charge is 0.226 e. The first-order chi connectivity index (χ1) is 9.56. The van der Waals surface area contributed by atoms with Crippen LogP contribution < -0.4 is 11.1 Å². The molecule has 0 aliphatic heterocycles. The second-order valence-electron chi connectivity index (χ2n) is 4.44. The van der Waals surface area contributed by atoms with Gasteiger partial charge in [-0.3, -0.25) is 4.79 Å². The molecule has 104 valence electrons. The lowest BCUT2D eigenvalue weighted by Gasteiger charge is -2.12. The fourth-order valence-electron chi connectivity index (χ4n) is 1.81. The molecule has 0 bridgehead atoms. The third-order valence-electron chi connectivity index (χ3n) is 2.86. The number of phenols is 1. The van der Waals surface area contributed by atoms with Crippen LogP contribution in [0.2, 0.25) is 5.02 Å². The number of nitrogens with one attached hydrogen (secondary N) is 1. The van der Waals surface area contributed by atoms with Gasteiger partial charge >= 0.3 is 0 Å². The van der Waals surface area contributed by atoms with E-state index in [1.165, 1.54) is 12.1 Å². The van der Waals surface area contributed by atoms with E-state index in [9.17, 15) is 9.90 Å². The maximum absolute atomic E-state index is 11.9. The van der Waals surface area contributed by atoms with E-state index < -0.39 is 0 Å². The molecular formula is C15H15ClN2O2. The number of anilines is 1. The fraction of sp³-hybridized carbons (Fsp3) is 0.133. The van der Waals surface area contributed by atoms with Gasteiger partial charge in [-0.2, -0.15) is 0 Å². The highest BCUT2D eigenvalue weighted by atomic mass is 35.5. The van der Waals surface area contributed by atoms with Gasteiger partial charge in [-0.1, -0.05) is 41.9 Å². The molecular weight excluding hydrogens is 276 g/mol. The highest BCUT2D eigenvalue weighted by Gasteiger charge is 2.12. The first-order valence-electron chi connectivity index (χ1n) is 6.15. The molecule has 0 radical (unpaired) electrons. The Morgan fingerprint density at radius 3 is 2.60 bits per heavy atom. The van der Waals surface area contributed by atoms with Gasteiger partial charge in [0.2, 0.25) is 5.91 Å². The first kappa shape index (κ1) is 14.4. The number of hydrogen-bond donors (Lipinski definition) is 3. The van der Waals surface area contributed by atoms with Crippen molar-refractivity contribution in [1.29, 1.82) is 0 Å². The number of nitrogens with two attached hydrogens (primary N) is 1. The SMILES string of the molecule is NC(CC(=O)Nc1ccc(O)c(Cl)c1)c1ccccc1. The number of hydrogen-bond acceptors (Lipinski definition) is 3. The molecule has 1 amide bonds. The highest BCUT2D eigenvalue weighted by Crippen LogP contribution is 2.26. The van der Waals surface area contributed by atoms with Crippen LogP contribution in [0.15, 0.2) is 48.5 Å². The van der Waals surface area contributed by atoms with Crippen LogP contribution in [0.25, 0.3) is 0 Å². The number of rotatable bonds is 4. The maximum Gasteiger partial charge on any atom is 0.226 e. The van der Waals surface area contributed by atoms with Crippen molar-refractivity contribution in [2.24, 2.45) is 5.73 Å². The highest BCUT2D eigenvalue weighted by molar-refractivity contribution is 6.32. The van der Waals surface area contributed by atoms with Crippen LogP contribution in [0.4, 0.5) is 5.69 Å². The Kier molecular flexibility index (Phi) is 4.61. The molecule has 2 aromatic carbocycles. The summed E-state index contributed by atoms with van der Waals surface area (Å²) in [4.78, 5) is 11.9. The molecule has 0 aliphatic rings. The Balaban J connectivity index is 1.97. The minimum atomic E-state index is -0.358. The van der Waals surface area contributed by atoms with Gasteiger partial charge < -0.3 is 16.2 Å². The summed E-state index contributed by atoms with van der Waals surface area (Å²) in [6, 6.07) is 13.6. The number of carbonyl (C=O) groups excluding carboxylic acids is 1. The summed E-state index contributed by atoms with van der Waals surface area (Å²) in [5.74, 6) is -0.228. The normalized spacial score (nSPS) is 11.9. The zero-order valence-corrected chi connectivity index (χ0v) is 11.5. The van der Waals surface area contributed by atoms with Crippen LogP contribution in [-0.4, -0.2) is 11.0 Å². The molecule has 2 rings (SSSR count). The molecule has 2 aromatic rings. The zero-order valence-electron chi connectivity index (χ0n) is 10.7. The van der Waals surface area contributed by atoms with E-state index in [-0.39, 0.29) is 29.1 Å². The van der Waals surface area contributed by atoms with E-state index in [2.05, 4.69) is 5.32 Å². The number of aromatic hydroxyl groups is 1.